The van der Waals surface area contributed by atoms with Gasteiger partial charge in [-0.1, -0.05) is 31.4 Å². The number of aromatic nitrogens is 1. The van der Waals surface area contributed by atoms with Crippen LogP contribution in [0.5, 0.6) is 0 Å². The lowest BCUT2D eigenvalue weighted by Crippen LogP contribution is -2.29. The van der Waals surface area contributed by atoms with Gasteiger partial charge in [-0.05, 0) is 55.2 Å². The predicted octanol–water partition coefficient (Wildman–Crippen LogP) is 4.51. The van der Waals surface area contributed by atoms with Crippen molar-refractivity contribution in [1.82, 2.24) is 4.98 Å². The minimum atomic E-state index is -3.86. The third-order valence-electron chi connectivity index (χ3n) is 5.12. The van der Waals surface area contributed by atoms with Gasteiger partial charge >= 0.3 is 11.9 Å². The first kappa shape index (κ1) is 21.4. The lowest BCUT2D eigenvalue weighted by Gasteiger charge is -2.21. The number of carbonyl (C=O) groups is 1. The molecule has 1 heterocycles. The SMILES string of the molecule is CCOC(=O)C(F)(F)c1cc(-c2ccc(S(=O)(=O)C3CCCCC3)cc2)ccn1. The molecule has 1 saturated carbocycles. The molecule has 0 bridgehead atoms. The molecule has 8 heteroatoms. The van der Waals surface area contributed by atoms with Gasteiger partial charge in [0, 0.05) is 6.20 Å². The summed E-state index contributed by atoms with van der Waals surface area (Å²) >= 11 is 0. The average Bonchev–Trinajstić information content (AvgIpc) is 2.74. The largest absolute Gasteiger partial charge is 0.461 e. The first-order chi connectivity index (χ1) is 13.8. The highest BCUT2D eigenvalue weighted by Gasteiger charge is 2.44. The van der Waals surface area contributed by atoms with E-state index in [9.17, 15) is 22.0 Å². The monoisotopic (exact) mass is 423 g/mol. The van der Waals surface area contributed by atoms with Gasteiger partial charge in [0.15, 0.2) is 9.84 Å². The number of sulfone groups is 1. The van der Waals surface area contributed by atoms with Gasteiger partial charge in [-0.3, -0.25) is 4.98 Å². The van der Waals surface area contributed by atoms with E-state index >= 15 is 0 Å². The van der Waals surface area contributed by atoms with Crippen LogP contribution in [-0.4, -0.2) is 31.2 Å². The van der Waals surface area contributed by atoms with Crippen LogP contribution in [0, 0.1) is 0 Å². The molecule has 29 heavy (non-hydrogen) atoms. The number of benzene rings is 1. The Balaban J connectivity index is 1.86. The van der Waals surface area contributed by atoms with Crippen LogP contribution in [0.2, 0.25) is 0 Å². The number of halogens is 2. The lowest BCUT2D eigenvalue weighted by atomic mass is 10.0. The van der Waals surface area contributed by atoms with Crippen molar-refractivity contribution in [3.05, 3.63) is 48.3 Å². The molecule has 0 unspecified atom stereocenters. The van der Waals surface area contributed by atoms with Crippen molar-refractivity contribution >= 4 is 15.8 Å². The Morgan fingerprint density at radius 2 is 1.76 bits per heavy atom. The van der Waals surface area contributed by atoms with Crippen molar-refractivity contribution in [3.8, 4) is 11.1 Å². The van der Waals surface area contributed by atoms with Crippen LogP contribution in [0.1, 0.15) is 44.7 Å². The second-order valence-corrected chi connectivity index (χ2v) is 9.28. The number of nitrogens with zero attached hydrogens (tertiary/aromatic N) is 1. The topological polar surface area (TPSA) is 73.3 Å². The molecule has 0 spiro atoms. The molecule has 0 N–H and O–H groups in total. The molecule has 1 fully saturated rings. The van der Waals surface area contributed by atoms with Crippen molar-refractivity contribution in [1.29, 1.82) is 0 Å². The normalized spacial score (nSPS) is 15.8. The minimum Gasteiger partial charge on any atom is -0.461 e. The molecule has 2 aromatic rings. The zero-order valence-corrected chi connectivity index (χ0v) is 16.9. The maximum absolute atomic E-state index is 14.2. The van der Waals surface area contributed by atoms with Crippen molar-refractivity contribution < 1.29 is 26.7 Å². The number of ether oxygens (including phenoxy) is 1. The van der Waals surface area contributed by atoms with Crippen molar-refractivity contribution in [3.63, 3.8) is 0 Å². The highest BCUT2D eigenvalue weighted by molar-refractivity contribution is 7.92. The molecule has 0 atom stereocenters. The first-order valence-corrected chi connectivity index (χ1v) is 11.2. The van der Waals surface area contributed by atoms with E-state index in [0.717, 1.165) is 25.3 Å². The molecule has 1 aliphatic carbocycles. The highest BCUT2D eigenvalue weighted by atomic mass is 32.2. The summed E-state index contributed by atoms with van der Waals surface area (Å²) in [4.78, 5) is 15.4. The molecular formula is C21H23F2NO4S. The number of alkyl halides is 2. The van der Waals surface area contributed by atoms with Crippen molar-refractivity contribution in [2.45, 2.75) is 55.1 Å². The number of rotatable bonds is 6. The van der Waals surface area contributed by atoms with Crippen molar-refractivity contribution in [2.75, 3.05) is 6.61 Å². The summed E-state index contributed by atoms with van der Waals surface area (Å²) in [6.45, 7) is 1.28. The second kappa shape index (κ2) is 8.57. The van der Waals surface area contributed by atoms with Gasteiger partial charge in [-0.2, -0.15) is 8.78 Å². The summed E-state index contributed by atoms with van der Waals surface area (Å²) in [5.41, 5.74) is 0.240. The van der Waals surface area contributed by atoms with Gasteiger partial charge in [-0.15, -0.1) is 0 Å². The molecule has 0 radical (unpaired) electrons. The first-order valence-electron chi connectivity index (χ1n) is 9.62. The fraction of sp³-hybridized carbons (Fsp3) is 0.429. The molecule has 1 aromatic carbocycles. The number of hydrogen-bond acceptors (Lipinski definition) is 5. The Morgan fingerprint density at radius 3 is 2.38 bits per heavy atom. The Hall–Kier alpha value is -2.35. The molecule has 5 nitrogen and oxygen atoms in total. The zero-order valence-electron chi connectivity index (χ0n) is 16.1. The quantitative estimate of drug-likeness (QED) is 0.639. The van der Waals surface area contributed by atoms with Gasteiger partial charge in [-0.25, -0.2) is 13.2 Å². The van der Waals surface area contributed by atoms with E-state index in [4.69, 9.17) is 0 Å². The molecule has 1 aliphatic rings. The molecule has 3 rings (SSSR count). The lowest BCUT2D eigenvalue weighted by molar-refractivity contribution is -0.173. The molecular weight excluding hydrogens is 400 g/mol. The van der Waals surface area contributed by atoms with E-state index in [2.05, 4.69) is 9.72 Å². The van der Waals surface area contributed by atoms with E-state index in [1.54, 1.807) is 12.1 Å². The summed E-state index contributed by atoms with van der Waals surface area (Å²) in [6, 6.07) is 8.80. The van der Waals surface area contributed by atoms with Gasteiger partial charge in [0.1, 0.15) is 5.69 Å². The van der Waals surface area contributed by atoms with Gasteiger partial charge in [0.05, 0.1) is 16.8 Å². The standard InChI is InChI=1S/C21H23F2NO4S/c1-2-28-20(25)21(22,23)19-14-16(12-13-24-19)15-8-10-18(11-9-15)29(26,27)17-6-4-3-5-7-17/h8-14,17H,2-7H2,1H3. The average molecular weight is 423 g/mol. The van der Waals surface area contributed by atoms with Crippen molar-refractivity contribution in [2.24, 2.45) is 0 Å². The number of pyridine rings is 1. The molecule has 1 aromatic heterocycles. The Labute approximate surface area is 169 Å². The van der Waals surface area contributed by atoms with Crippen LogP contribution in [0.3, 0.4) is 0 Å². The van der Waals surface area contributed by atoms with Crippen LogP contribution in [-0.2, 0) is 25.3 Å². The maximum Gasteiger partial charge on any atom is 0.384 e. The number of carbonyl (C=O) groups excluding carboxylic acids is 1. The van der Waals surface area contributed by atoms with E-state index in [0.29, 0.717) is 24.0 Å². The summed E-state index contributed by atoms with van der Waals surface area (Å²) in [6.07, 6.45) is 5.41. The number of hydrogen-bond donors (Lipinski definition) is 0. The summed E-state index contributed by atoms with van der Waals surface area (Å²) < 4.78 is 58.5. The predicted molar refractivity (Wildman–Crippen MR) is 104 cm³/mol. The fourth-order valence-corrected chi connectivity index (χ4v) is 5.37. The van der Waals surface area contributed by atoms with Gasteiger partial charge < -0.3 is 4.74 Å². The fourth-order valence-electron chi connectivity index (χ4n) is 3.51. The van der Waals surface area contributed by atoms with Crippen LogP contribution in [0.15, 0.2) is 47.5 Å². The smallest absolute Gasteiger partial charge is 0.384 e. The third kappa shape index (κ3) is 4.47. The van der Waals surface area contributed by atoms with Crippen LogP contribution < -0.4 is 0 Å². The van der Waals surface area contributed by atoms with Crippen LogP contribution in [0.25, 0.3) is 11.1 Å². The molecule has 156 valence electrons. The van der Waals surface area contributed by atoms with E-state index in [1.807, 2.05) is 0 Å². The van der Waals surface area contributed by atoms with E-state index < -0.39 is 27.4 Å². The zero-order chi connectivity index (χ0) is 21.1. The molecule has 0 saturated heterocycles. The van der Waals surface area contributed by atoms with Crippen LogP contribution in [0.4, 0.5) is 8.78 Å². The summed E-state index contributed by atoms with van der Waals surface area (Å²) in [5, 5.41) is -0.363. The van der Waals surface area contributed by atoms with Crippen LogP contribution >= 0.6 is 0 Å². The Bertz CT molecular complexity index is 968. The molecule has 0 amide bonds. The van der Waals surface area contributed by atoms with Gasteiger partial charge in [0.2, 0.25) is 0 Å². The number of esters is 1. The summed E-state index contributed by atoms with van der Waals surface area (Å²) in [5.74, 6) is -5.52. The Morgan fingerprint density at radius 1 is 1.10 bits per heavy atom. The molecule has 0 aliphatic heterocycles. The third-order valence-corrected chi connectivity index (χ3v) is 7.40. The maximum atomic E-state index is 14.2. The highest BCUT2D eigenvalue weighted by Crippen LogP contribution is 2.32. The second-order valence-electron chi connectivity index (χ2n) is 7.05. The van der Waals surface area contributed by atoms with Gasteiger partial charge in [0.25, 0.3) is 0 Å². The Kier molecular flexibility index (Phi) is 6.31. The van der Waals surface area contributed by atoms with E-state index in [1.165, 1.54) is 31.3 Å². The van der Waals surface area contributed by atoms with E-state index in [-0.39, 0.29) is 16.8 Å². The minimum absolute atomic E-state index is 0.162. The summed E-state index contributed by atoms with van der Waals surface area (Å²) in [7, 11) is -3.40.